The molecular weight excluding hydrogens is 346 g/mol. The van der Waals surface area contributed by atoms with Gasteiger partial charge >= 0.3 is 11.9 Å². The fourth-order valence-corrected chi connectivity index (χ4v) is 2.41. The zero-order chi connectivity index (χ0) is 20.3. The second kappa shape index (κ2) is 11.6. The van der Waals surface area contributed by atoms with Gasteiger partial charge < -0.3 is 19.9 Å². The van der Waals surface area contributed by atoms with E-state index in [9.17, 15) is 9.59 Å². The number of carbonyl (C=O) groups excluding carboxylic acids is 2. The number of rotatable bonds is 11. The van der Waals surface area contributed by atoms with Crippen LogP contribution in [0.25, 0.3) is 0 Å². The number of hydrogen-bond acceptors (Lipinski definition) is 6. The number of unbranched alkanes of at least 4 members (excludes halogenated alkanes) is 2. The van der Waals surface area contributed by atoms with E-state index in [-0.39, 0.29) is 18.4 Å². The first kappa shape index (κ1) is 23.0. The van der Waals surface area contributed by atoms with Gasteiger partial charge in [-0.2, -0.15) is 0 Å². The van der Waals surface area contributed by atoms with Crippen LogP contribution in [-0.2, 0) is 25.5 Å². The Morgan fingerprint density at radius 3 is 2.33 bits per heavy atom. The molecular formula is C21H33NO5. The molecule has 0 spiro atoms. The minimum atomic E-state index is -0.572. The first-order valence-electron chi connectivity index (χ1n) is 9.57. The number of benzene rings is 1. The van der Waals surface area contributed by atoms with Crippen molar-refractivity contribution >= 4 is 11.9 Å². The summed E-state index contributed by atoms with van der Waals surface area (Å²) < 4.78 is 15.9. The Hall–Kier alpha value is -2.08. The van der Waals surface area contributed by atoms with Crippen LogP contribution in [0.15, 0.2) is 24.3 Å². The van der Waals surface area contributed by atoms with Crippen molar-refractivity contribution in [3.8, 4) is 5.75 Å². The topological polar surface area (TPSA) is 87.9 Å². The molecule has 6 nitrogen and oxygen atoms in total. The summed E-state index contributed by atoms with van der Waals surface area (Å²) in [6.45, 7) is 8.27. The summed E-state index contributed by atoms with van der Waals surface area (Å²) in [6, 6.07) is 6.87. The predicted octanol–water partition coefficient (Wildman–Crippen LogP) is 3.40. The SMILES string of the molecule is CCOC(=O)Cc1ccc(OCCCCCC(N)C(=O)OC(C)(C)C)cc1. The van der Waals surface area contributed by atoms with Crippen LogP contribution < -0.4 is 10.5 Å². The van der Waals surface area contributed by atoms with Gasteiger partial charge in [-0.15, -0.1) is 0 Å². The largest absolute Gasteiger partial charge is 0.494 e. The van der Waals surface area contributed by atoms with E-state index in [1.54, 1.807) is 6.92 Å². The van der Waals surface area contributed by atoms with E-state index >= 15 is 0 Å². The van der Waals surface area contributed by atoms with E-state index in [0.29, 0.717) is 19.6 Å². The lowest BCUT2D eigenvalue weighted by Gasteiger charge is -2.22. The monoisotopic (exact) mass is 379 g/mol. The standard InChI is InChI=1S/C21H33NO5/c1-5-25-19(23)15-16-10-12-17(13-11-16)26-14-8-6-7-9-18(22)20(24)27-21(2,3)4/h10-13,18H,5-9,14-15,22H2,1-4H3. The number of ether oxygens (including phenoxy) is 3. The quantitative estimate of drug-likeness (QED) is 0.468. The molecule has 2 N–H and O–H groups in total. The summed E-state index contributed by atoms with van der Waals surface area (Å²) in [4.78, 5) is 23.2. The van der Waals surface area contributed by atoms with Gasteiger partial charge in [-0.25, -0.2) is 0 Å². The van der Waals surface area contributed by atoms with Crippen molar-refractivity contribution in [1.29, 1.82) is 0 Å². The highest BCUT2D eigenvalue weighted by Gasteiger charge is 2.21. The van der Waals surface area contributed by atoms with Crippen LogP contribution in [0.2, 0.25) is 0 Å². The molecule has 0 radical (unpaired) electrons. The Morgan fingerprint density at radius 1 is 1.07 bits per heavy atom. The number of nitrogens with two attached hydrogens (primary N) is 1. The lowest BCUT2D eigenvalue weighted by Crippen LogP contribution is -2.37. The van der Waals surface area contributed by atoms with Crippen molar-refractivity contribution in [2.75, 3.05) is 13.2 Å². The van der Waals surface area contributed by atoms with Gasteiger partial charge in [0.05, 0.1) is 19.6 Å². The minimum absolute atomic E-state index is 0.226. The van der Waals surface area contributed by atoms with Crippen molar-refractivity contribution in [2.45, 2.75) is 71.4 Å². The van der Waals surface area contributed by atoms with E-state index in [2.05, 4.69) is 0 Å². The van der Waals surface area contributed by atoms with Crippen LogP contribution in [-0.4, -0.2) is 36.8 Å². The molecule has 0 fully saturated rings. The maximum Gasteiger partial charge on any atom is 0.323 e. The molecule has 0 aliphatic carbocycles. The molecule has 0 aliphatic rings. The molecule has 27 heavy (non-hydrogen) atoms. The zero-order valence-corrected chi connectivity index (χ0v) is 17.0. The Morgan fingerprint density at radius 2 is 1.74 bits per heavy atom. The second-order valence-electron chi connectivity index (χ2n) is 7.46. The smallest absolute Gasteiger partial charge is 0.323 e. The third kappa shape index (κ3) is 10.6. The van der Waals surface area contributed by atoms with Crippen LogP contribution in [0.1, 0.15) is 58.9 Å². The van der Waals surface area contributed by atoms with Gasteiger partial charge in [0, 0.05) is 0 Å². The molecule has 0 saturated carbocycles. The summed E-state index contributed by atoms with van der Waals surface area (Å²) in [5, 5.41) is 0. The van der Waals surface area contributed by atoms with Crippen LogP contribution in [0.3, 0.4) is 0 Å². The zero-order valence-electron chi connectivity index (χ0n) is 17.0. The van der Waals surface area contributed by atoms with Crippen LogP contribution in [0.4, 0.5) is 0 Å². The fourth-order valence-electron chi connectivity index (χ4n) is 2.41. The molecule has 6 heteroatoms. The molecule has 1 rings (SSSR count). The highest BCUT2D eigenvalue weighted by atomic mass is 16.6. The van der Waals surface area contributed by atoms with Gasteiger partial charge in [0.15, 0.2) is 0 Å². The summed E-state index contributed by atoms with van der Waals surface area (Å²) in [5.41, 5.74) is 6.25. The highest BCUT2D eigenvalue weighted by Crippen LogP contribution is 2.14. The Balaban J connectivity index is 2.17. The Labute approximate surface area is 162 Å². The van der Waals surface area contributed by atoms with E-state index in [1.807, 2.05) is 45.0 Å². The lowest BCUT2D eigenvalue weighted by molar-refractivity contribution is -0.156. The normalized spacial score (nSPS) is 12.3. The molecule has 0 heterocycles. The molecule has 0 amide bonds. The predicted molar refractivity (Wildman–Crippen MR) is 105 cm³/mol. The maximum absolute atomic E-state index is 11.8. The van der Waals surface area contributed by atoms with Gasteiger partial charge in [-0.05, 0) is 64.7 Å². The summed E-state index contributed by atoms with van der Waals surface area (Å²) in [6.07, 6.45) is 3.54. The van der Waals surface area contributed by atoms with E-state index in [1.165, 1.54) is 0 Å². The molecule has 1 unspecified atom stereocenters. The molecule has 1 aromatic carbocycles. The van der Waals surface area contributed by atoms with Crippen LogP contribution in [0, 0.1) is 0 Å². The Kier molecular flexibility index (Phi) is 9.86. The Bertz CT molecular complexity index is 577. The molecule has 152 valence electrons. The lowest BCUT2D eigenvalue weighted by atomic mass is 10.1. The first-order chi connectivity index (χ1) is 12.7. The van der Waals surface area contributed by atoms with E-state index < -0.39 is 11.6 Å². The molecule has 0 bridgehead atoms. The maximum atomic E-state index is 11.8. The molecule has 0 saturated heterocycles. The third-order valence-electron chi connectivity index (χ3n) is 3.71. The van der Waals surface area contributed by atoms with Crippen LogP contribution >= 0.6 is 0 Å². The highest BCUT2D eigenvalue weighted by molar-refractivity contribution is 5.75. The average Bonchev–Trinajstić information content (AvgIpc) is 2.57. The fraction of sp³-hybridized carbons (Fsp3) is 0.619. The number of esters is 2. The van der Waals surface area contributed by atoms with Gasteiger partial charge in [0.1, 0.15) is 17.4 Å². The van der Waals surface area contributed by atoms with Crippen LogP contribution in [0.5, 0.6) is 5.75 Å². The minimum Gasteiger partial charge on any atom is -0.494 e. The van der Waals surface area contributed by atoms with Crippen molar-refractivity contribution in [3.63, 3.8) is 0 Å². The van der Waals surface area contributed by atoms with E-state index in [0.717, 1.165) is 30.6 Å². The summed E-state index contributed by atoms with van der Waals surface area (Å²) in [7, 11) is 0. The van der Waals surface area contributed by atoms with Gasteiger partial charge in [-0.3, -0.25) is 9.59 Å². The summed E-state index contributed by atoms with van der Waals surface area (Å²) in [5.74, 6) is 0.200. The third-order valence-corrected chi connectivity index (χ3v) is 3.71. The van der Waals surface area contributed by atoms with Gasteiger partial charge in [-0.1, -0.05) is 18.6 Å². The number of carbonyl (C=O) groups is 2. The molecule has 1 atom stereocenters. The molecule has 0 aromatic heterocycles. The van der Waals surface area contributed by atoms with Crippen molar-refractivity contribution in [3.05, 3.63) is 29.8 Å². The average molecular weight is 379 g/mol. The molecule has 1 aromatic rings. The second-order valence-corrected chi connectivity index (χ2v) is 7.46. The van der Waals surface area contributed by atoms with Crippen molar-refractivity contribution in [2.24, 2.45) is 5.73 Å². The van der Waals surface area contributed by atoms with Gasteiger partial charge in [0.2, 0.25) is 0 Å². The molecule has 0 aliphatic heterocycles. The number of hydrogen-bond donors (Lipinski definition) is 1. The van der Waals surface area contributed by atoms with E-state index in [4.69, 9.17) is 19.9 Å². The first-order valence-corrected chi connectivity index (χ1v) is 9.57. The van der Waals surface area contributed by atoms with Crippen molar-refractivity contribution < 1.29 is 23.8 Å². The summed E-state index contributed by atoms with van der Waals surface area (Å²) >= 11 is 0. The van der Waals surface area contributed by atoms with Crippen molar-refractivity contribution in [1.82, 2.24) is 0 Å². The van der Waals surface area contributed by atoms with Gasteiger partial charge in [0.25, 0.3) is 0 Å².